The molecule has 0 fully saturated rings. The predicted molar refractivity (Wildman–Crippen MR) is 68.9 cm³/mol. The van der Waals surface area contributed by atoms with Gasteiger partial charge in [-0.15, -0.1) is 0 Å². The summed E-state index contributed by atoms with van der Waals surface area (Å²) in [7, 11) is -0.0542. The summed E-state index contributed by atoms with van der Waals surface area (Å²) in [6.07, 6.45) is 4.72. The number of hydrogen-bond acceptors (Lipinski definition) is 4. The van der Waals surface area contributed by atoms with E-state index >= 15 is 0 Å². The molecule has 0 spiro atoms. The van der Waals surface area contributed by atoms with Gasteiger partial charge in [-0.2, -0.15) is 4.31 Å². The Labute approximate surface area is 108 Å². The maximum Gasteiger partial charge on any atom is 0.261 e. The molecule has 0 atom stereocenters. The highest BCUT2D eigenvalue weighted by Gasteiger charge is 2.25. The molecule has 7 heteroatoms. The molecule has 6 nitrogen and oxygen atoms in total. The zero-order valence-corrected chi connectivity index (χ0v) is 11.7. The van der Waals surface area contributed by atoms with Crippen molar-refractivity contribution in [2.45, 2.75) is 30.8 Å². The van der Waals surface area contributed by atoms with Crippen molar-refractivity contribution < 1.29 is 8.42 Å². The van der Waals surface area contributed by atoms with Crippen molar-refractivity contribution in [1.29, 1.82) is 0 Å². The van der Waals surface area contributed by atoms with Crippen LogP contribution in [0.4, 0.5) is 0 Å². The Balaban J connectivity index is 2.21. The van der Waals surface area contributed by atoms with Gasteiger partial charge < -0.3 is 9.88 Å². The number of aryl methyl sites for hydroxylation is 2. The monoisotopic (exact) mass is 272 g/mol. The molecule has 2 heterocycles. The number of sulfonamides is 1. The molecular formula is C11H20N4O2S. The number of nitrogens with one attached hydrogen (secondary N) is 1. The summed E-state index contributed by atoms with van der Waals surface area (Å²) < 4.78 is 27.9. The summed E-state index contributed by atoms with van der Waals surface area (Å²) in [6.45, 7) is 1.95. The molecule has 1 aliphatic heterocycles. The molecule has 102 valence electrons. The van der Waals surface area contributed by atoms with Gasteiger partial charge in [-0.1, -0.05) is 0 Å². The molecule has 0 bridgehead atoms. The minimum absolute atomic E-state index is 0.179. The van der Waals surface area contributed by atoms with Crippen LogP contribution in [0.3, 0.4) is 0 Å². The third kappa shape index (κ3) is 2.57. The molecule has 1 N–H and O–H groups in total. The number of aromatic nitrogens is 2. The van der Waals surface area contributed by atoms with Gasteiger partial charge in [0.2, 0.25) is 0 Å². The maximum atomic E-state index is 12.3. The Morgan fingerprint density at radius 3 is 2.94 bits per heavy atom. The van der Waals surface area contributed by atoms with Crippen LogP contribution in [0.25, 0.3) is 0 Å². The Morgan fingerprint density at radius 2 is 2.28 bits per heavy atom. The number of likely N-dealkylation sites (N-methyl/N-ethyl adjacent to an activating group) is 2. The second kappa shape index (κ2) is 5.38. The van der Waals surface area contributed by atoms with E-state index in [1.165, 1.54) is 4.31 Å². The average Bonchev–Trinajstić information content (AvgIpc) is 2.80. The van der Waals surface area contributed by atoms with Crippen molar-refractivity contribution in [3.05, 3.63) is 12.0 Å². The molecule has 1 aromatic heterocycles. The standard InChI is InChI=1S/C11H20N4O2S/c1-12-6-8-14(2)18(16,17)11-9-15-7-4-3-5-10(15)13-11/h9,12H,3-8H2,1-2H3. The second-order valence-electron chi connectivity index (χ2n) is 4.58. The van der Waals surface area contributed by atoms with Crippen molar-refractivity contribution in [1.82, 2.24) is 19.2 Å². The van der Waals surface area contributed by atoms with E-state index in [0.29, 0.717) is 13.1 Å². The van der Waals surface area contributed by atoms with Crippen LogP contribution in [0.2, 0.25) is 0 Å². The molecule has 18 heavy (non-hydrogen) atoms. The van der Waals surface area contributed by atoms with E-state index in [-0.39, 0.29) is 5.03 Å². The first-order valence-electron chi connectivity index (χ1n) is 6.22. The Hall–Kier alpha value is -0.920. The topological polar surface area (TPSA) is 67.2 Å². The molecular weight excluding hydrogens is 252 g/mol. The fourth-order valence-electron chi connectivity index (χ4n) is 2.06. The van der Waals surface area contributed by atoms with Crippen molar-refractivity contribution in [2.24, 2.45) is 0 Å². The molecule has 2 rings (SSSR count). The minimum Gasteiger partial charge on any atom is -0.333 e. The smallest absolute Gasteiger partial charge is 0.261 e. The van der Waals surface area contributed by atoms with Gasteiger partial charge in [0.25, 0.3) is 10.0 Å². The van der Waals surface area contributed by atoms with Gasteiger partial charge in [0.05, 0.1) is 0 Å². The third-order valence-electron chi connectivity index (χ3n) is 3.24. The summed E-state index contributed by atoms with van der Waals surface area (Å²) in [5.74, 6) is 0.891. The van der Waals surface area contributed by atoms with E-state index in [1.807, 2.05) is 4.57 Å². The number of imidazole rings is 1. The first-order valence-corrected chi connectivity index (χ1v) is 7.66. The lowest BCUT2D eigenvalue weighted by Gasteiger charge is -2.14. The normalized spacial score (nSPS) is 15.9. The molecule has 0 unspecified atom stereocenters. The van der Waals surface area contributed by atoms with Crippen molar-refractivity contribution >= 4 is 10.0 Å². The van der Waals surface area contributed by atoms with Crippen LogP contribution in [-0.4, -0.2) is 49.5 Å². The molecule has 0 aliphatic carbocycles. The van der Waals surface area contributed by atoms with Crippen LogP contribution in [0.5, 0.6) is 0 Å². The molecule has 0 radical (unpaired) electrons. The zero-order chi connectivity index (χ0) is 13.2. The van der Waals surface area contributed by atoms with Gasteiger partial charge in [0.15, 0.2) is 5.03 Å². The molecule has 0 amide bonds. The van der Waals surface area contributed by atoms with Crippen LogP contribution >= 0.6 is 0 Å². The van der Waals surface area contributed by atoms with Crippen LogP contribution in [-0.2, 0) is 23.0 Å². The highest BCUT2D eigenvalue weighted by Crippen LogP contribution is 2.19. The van der Waals surface area contributed by atoms with Crippen molar-refractivity contribution in [2.75, 3.05) is 27.2 Å². The molecule has 0 saturated heterocycles. The quantitative estimate of drug-likeness (QED) is 0.823. The van der Waals surface area contributed by atoms with Gasteiger partial charge in [-0.05, 0) is 19.9 Å². The van der Waals surface area contributed by atoms with E-state index in [1.54, 1.807) is 20.3 Å². The number of fused-ring (bicyclic) bond motifs is 1. The fraction of sp³-hybridized carbons (Fsp3) is 0.727. The SMILES string of the molecule is CNCCN(C)S(=O)(=O)c1cn2c(n1)CCCC2. The van der Waals surface area contributed by atoms with Crippen LogP contribution < -0.4 is 5.32 Å². The van der Waals surface area contributed by atoms with E-state index in [2.05, 4.69) is 10.3 Å². The van der Waals surface area contributed by atoms with Gasteiger partial charge in [-0.25, -0.2) is 13.4 Å². The fourth-order valence-corrected chi connectivity index (χ4v) is 3.19. The van der Waals surface area contributed by atoms with Crippen LogP contribution in [0, 0.1) is 0 Å². The summed E-state index contributed by atoms with van der Waals surface area (Å²) >= 11 is 0. The van der Waals surface area contributed by atoms with Crippen molar-refractivity contribution in [3.8, 4) is 0 Å². The third-order valence-corrected chi connectivity index (χ3v) is 4.97. The zero-order valence-electron chi connectivity index (χ0n) is 10.9. The largest absolute Gasteiger partial charge is 0.333 e. The van der Waals surface area contributed by atoms with Crippen LogP contribution in [0.15, 0.2) is 11.2 Å². The Morgan fingerprint density at radius 1 is 1.50 bits per heavy atom. The highest BCUT2D eigenvalue weighted by atomic mass is 32.2. The van der Waals surface area contributed by atoms with Gasteiger partial charge in [0, 0.05) is 39.3 Å². The van der Waals surface area contributed by atoms with E-state index in [9.17, 15) is 8.42 Å². The maximum absolute atomic E-state index is 12.3. The summed E-state index contributed by atoms with van der Waals surface area (Å²) in [5.41, 5.74) is 0. The highest BCUT2D eigenvalue weighted by molar-refractivity contribution is 7.89. The minimum atomic E-state index is -3.44. The summed E-state index contributed by atoms with van der Waals surface area (Å²) in [4.78, 5) is 4.26. The van der Waals surface area contributed by atoms with Gasteiger partial charge >= 0.3 is 0 Å². The molecule has 0 aromatic carbocycles. The average molecular weight is 272 g/mol. The number of hydrogen-bond donors (Lipinski definition) is 1. The number of rotatable bonds is 5. The van der Waals surface area contributed by atoms with Crippen LogP contribution in [0.1, 0.15) is 18.7 Å². The first-order chi connectivity index (χ1) is 8.55. The van der Waals surface area contributed by atoms with E-state index in [4.69, 9.17) is 0 Å². The Kier molecular flexibility index (Phi) is 4.04. The van der Waals surface area contributed by atoms with E-state index < -0.39 is 10.0 Å². The molecule has 1 aliphatic rings. The lowest BCUT2D eigenvalue weighted by molar-refractivity contribution is 0.463. The summed E-state index contributed by atoms with van der Waals surface area (Å²) in [5, 5.41) is 3.12. The summed E-state index contributed by atoms with van der Waals surface area (Å²) in [6, 6.07) is 0. The lowest BCUT2D eigenvalue weighted by Crippen LogP contribution is -2.33. The van der Waals surface area contributed by atoms with Crippen molar-refractivity contribution in [3.63, 3.8) is 0 Å². The predicted octanol–water partition coefficient (Wildman–Crippen LogP) is 0.0593. The molecule has 1 aromatic rings. The van der Waals surface area contributed by atoms with Gasteiger partial charge in [-0.3, -0.25) is 0 Å². The first kappa shape index (κ1) is 13.5. The Bertz CT molecular complexity index is 486. The second-order valence-corrected chi connectivity index (χ2v) is 6.57. The number of nitrogens with zero attached hydrogens (tertiary/aromatic N) is 3. The van der Waals surface area contributed by atoms with Gasteiger partial charge in [0.1, 0.15) is 5.82 Å². The molecule has 0 saturated carbocycles. The van der Waals surface area contributed by atoms with E-state index in [0.717, 1.165) is 31.6 Å². The lowest BCUT2D eigenvalue weighted by atomic mass is 10.2.